The fourth-order valence-electron chi connectivity index (χ4n) is 4.82. The van der Waals surface area contributed by atoms with Gasteiger partial charge in [-0.1, -0.05) is 30.7 Å². The second-order valence-corrected chi connectivity index (χ2v) is 8.88. The maximum atomic E-state index is 12.5. The number of H-pyrrole nitrogens is 1. The number of nitrogens with one attached hydrogen (secondary N) is 1. The summed E-state index contributed by atoms with van der Waals surface area (Å²) in [5, 5.41) is 4.00. The van der Waals surface area contributed by atoms with Gasteiger partial charge in [0.1, 0.15) is 10.4 Å². The topological polar surface area (TPSA) is 68.1 Å². The van der Waals surface area contributed by atoms with E-state index in [9.17, 15) is 4.79 Å². The Balaban J connectivity index is 1.77. The molecule has 4 aromatic rings. The fourth-order valence-corrected chi connectivity index (χ4v) is 5.61. The molecule has 0 amide bonds. The molecular weight excluding hydrogens is 380 g/mol. The summed E-state index contributed by atoms with van der Waals surface area (Å²) < 4.78 is 6.53. The van der Waals surface area contributed by atoms with Crippen LogP contribution in [0.2, 0.25) is 0 Å². The van der Waals surface area contributed by atoms with E-state index in [1.165, 1.54) is 23.3 Å². The van der Waals surface area contributed by atoms with Crippen LogP contribution >= 0.6 is 11.3 Å². The zero-order valence-electron chi connectivity index (χ0n) is 16.6. The number of nitrogens with two attached hydrogens (primary N) is 1. The lowest BCUT2D eigenvalue weighted by Gasteiger charge is -2.18. The number of aromatic amines is 1. The van der Waals surface area contributed by atoms with Crippen LogP contribution in [0.1, 0.15) is 36.3 Å². The molecule has 2 atom stereocenters. The minimum atomic E-state index is -0.0349. The van der Waals surface area contributed by atoms with Crippen LogP contribution in [0, 0.1) is 6.92 Å². The summed E-state index contributed by atoms with van der Waals surface area (Å²) in [6.45, 7) is 2.01. The molecule has 4 nitrogen and oxygen atoms in total. The fraction of sp³-hybridized carbons (Fsp3) is 0.292. The number of benzene rings is 2. The van der Waals surface area contributed by atoms with Crippen molar-refractivity contribution in [1.29, 1.82) is 0 Å². The van der Waals surface area contributed by atoms with Gasteiger partial charge in [0.05, 0.1) is 12.6 Å². The number of methoxy groups -OCH3 is 1. The summed E-state index contributed by atoms with van der Waals surface area (Å²) in [6.07, 6.45) is 3.47. The van der Waals surface area contributed by atoms with Crippen molar-refractivity contribution in [2.24, 2.45) is 5.73 Å². The summed E-state index contributed by atoms with van der Waals surface area (Å²) >= 11 is 1.47. The number of ether oxygens (including phenoxy) is 1. The summed E-state index contributed by atoms with van der Waals surface area (Å²) in [5.41, 5.74) is 11.6. The van der Waals surface area contributed by atoms with Crippen molar-refractivity contribution in [3.8, 4) is 16.9 Å². The zero-order valence-corrected chi connectivity index (χ0v) is 17.4. The van der Waals surface area contributed by atoms with E-state index >= 15 is 0 Å². The highest BCUT2D eigenvalue weighted by Crippen LogP contribution is 2.42. The molecule has 0 saturated heterocycles. The number of aryl methyl sites for hydroxylation is 1. The van der Waals surface area contributed by atoms with Crippen molar-refractivity contribution in [3.63, 3.8) is 0 Å². The molecule has 2 aromatic carbocycles. The van der Waals surface area contributed by atoms with Gasteiger partial charge in [0.2, 0.25) is 0 Å². The van der Waals surface area contributed by atoms with Gasteiger partial charge < -0.3 is 15.5 Å². The van der Waals surface area contributed by atoms with Crippen molar-refractivity contribution in [2.45, 2.75) is 38.1 Å². The number of hydrogen-bond acceptors (Lipinski definition) is 4. The Kier molecular flexibility index (Phi) is 4.45. The van der Waals surface area contributed by atoms with E-state index in [4.69, 9.17) is 10.5 Å². The van der Waals surface area contributed by atoms with Gasteiger partial charge >= 0.3 is 0 Å². The van der Waals surface area contributed by atoms with Crippen molar-refractivity contribution >= 4 is 32.3 Å². The first-order chi connectivity index (χ1) is 14.1. The van der Waals surface area contributed by atoms with Gasteiger partial charge in [0.25, 0.3) is 5.56 Å². The van der Waals surface area contributed by atoms with Crippen molar-refractivity contribution in [1.82, 2.24) is 4.98 Å². The first kappa shape index (κ1) is 18.4. The molecule has 2 aromatic heterocycles. The lowest BCUT2D eigenvalue weighted by Crippen LogP contribution is -2.22. The van der Waals surface area contributed by atoms with Crippen LogP contribution in [0.5, 0.6) is 5.75 Å². The van der Waals surface area contributed by atoms with E-state index in [1.54, 1.807) is 7.11 Å². The second-order valence-electron chi connectivity index (χ2n) is 7.96. The number of pyridine rings is 1. The van der Waals surface area contributed by atoms with Crippen molar-refractivity contribution < 1.29 is 4.74 Å². The molecule has 2 unspecified atom stereocenters. The van der Waals surface area contributed by atoms with Crippen LogP contribution in [-0.4, -0.2) is 18.1 Å². The molecule has 2 heterocycles. The van der Waals surface area contributed by atoms with E-state index in [0.29, 0.717) is 5.92 Å². The minimum Gasteiger partial charge on any atom is -0.496 e. The molecule has 1 saturated carbocycles. The third kappa shape index (κ3) is 2.88. The molecule has 0 aliphatic heterocycles. The first-order valence-corrected chi connectivity index (χ1v) is 10.9. The van der Waals surface area contributed by atoms with Gasteiger partial charge in [-0.2, -0.15) is 0 Å². The largest absolute Gasteiger partial charge is 0.496 e. The highest BCUT2D eigenvalue weighted by molar-refractivity contribution is 7.17. The van der Waals surface area contributed by atoms with Crippen LogP contribution in [0.25, 0.3) is 32.1 Å². The highest BCUT2D eigenvalue weighted by Gasteiger charge is 2.25. The minimum absolute atomic E-state index is 0.0349. The number of fused-ring (bicyclic) bond motifs is 3. The molecule has 5 rings (SSSR count). The number of hydrogen-bond donors (Lipinski definition) is 2. The van der Waals surface area contributed by atoms with Gasteiger partial charge in [0, 0.05) is 22.4 Å². The standard InChI is InChI=1S/C24H24N2O2S/c1-13-12-19(28-2)20(21-17-10-11-29-23(17)24(27)26-22(13)21)15-8-6-14(7-9-15)16-4-3-5-18(16)25/h6-12,16,18H,3-5,25H2,1-2H3,(H,26,27). The Labute approximate surface area is 173 Å². The van der Waals surface area contributed by atoms with Crippen LogP contribution < -0.4 is 16.0 Å². The normalized spacial score (nSPS) is 19.3. The summed E-state index contributed by atoms with van der Waals surface area (Å²) in [5.74, 6) is 1.26. The third-order valence-electron chi connectivity index (χ3n) is 6.28. The van der Waals surface area contributed by atoms with Crippen LogP contribution in [0.15, 0.2) is 46.6 Å². The van der Waals surface area contributed by atoms with E-state index in [-0.39, 0.29) is 11.6 Å². The molecule has 0 radical (unpaired) electrons. The van der Waals surface area contributed by atoms with E-state index in [1.807, 2.05) is 24.4 Å². The van der Waals surface area contributed by atoms with Gasteiger partial charge in [-0.05, 0) is 59.9 Å². The number of aromatic nitrogens is 1. The Morgan fingerprint density at radius 2 is 1.97 bits per heavy atom. The smallest absolute Gasteiger partial charge is 0.266 e. The average molecular weight is 405 g/mol. The molecule has 5 heteroatoms. The van der Waals surface area contributed by atoms with Gasteiger partial charge in [0.15, 0.2) is 0 Å². The molecule has 1 aliphatic rings. The SMILES string of the molecule is COc1cc(C)c2[nH]c(=O)c3sccc3c2c1-c1ccc(C2CCCC2N)cc1. The number of rotatable bonds is 3. The predicted octanol–water partition coefficient (Wildman–Crippen LogP) is 5.32. The lowest BCUT2D eigenvalue weighted by molar-refractivity contribution is 0.416. The Hall–Kier alpha value is -2.63. The van der Waals surface area contributed by atoms with E-state index < -0.39 is 0 Å². The second kappa shape index (κ2) is 7.01. The van der Waals surface area contributed by atoms with Gasteiger partial charge in [-0.3, -0.25) is 4.79 Å². The molecular formula is C24H24N2O2S. The maximum absolute atomic E-state index is 12.5. The summed E-state index contributed by atoms with van der Waals surface area (Å²) in [4.78, 5) is 15.6. The Bertz CT molecular complexity index is 1270. The molecule has 0 bridgehead atoms. The van der Waals surface area contributed by atoms with E-state index in [0.717, 1.165) is 56.3 Å². The Morgan fingerprint density at radius 3 is 2.66 bits per heavy atom. The molecule has 148 valence electrons. The highest BCUT2D eigenvalue weighted by atomic mass is 32.1. The summed E-state index contributed by atoms with van der Waals surface area (Å²) in [7, 11) is 1.70. The molecule has 1 fully saturated rings. The van der Waals surface area contributed by atoms with Gasteiger partial charge in [-0.15, -0.1) is 11.3 Å². The van der Waals surface area contributed by atoms with Gasteiger partial charge in [-0.25, -0.2) is 0 Å². The van der Waals surface area contributed by atoms with Crippen molar-refractivity contribution in [3.05, 3.63) is 63.3 Å². The number of thiophene rings is 1. The molecule has 3 N–H and O–H groups in total. The monoisotopic (exact) mass is 404 g/mol. The predicted molar refractivity (Wildman–Crippen MR) is 121 cm³/mol. The quantitative estimate of drug-likeness (QED) is 0.485. The third-order valence-corrected chi connectivity index (χ3v) is 7.20. The molecule has 0 spiro atoms. The zero-order chi connectivity index (χ0) is 20.1. The van der Waals surface area contributed by atoms with Crippen LogP contribution in [0.4, 0.5) is 0 Å². The van der Waals surface area contributed by atoms with Crippen molar-refractivity contribution in [2.75, 3.05) is 7.11 Å². The van der Waals surface area contributed by atoms with E-state index in [2.05, 4.69) is 29.2 Å². The van der Waals surface area contributed by atoms with Crippen LogP contribution in [-0.2, 0) is 0 Å². The molecule has 1 aliphatic carbocycles. The first-order valence-electron chi connectivity index (χ1n) is 10.0. The summed E-state index contributed by atoms with van der Waals surface area (Å²) in [6, 6.07) is 13.0. The lowest BCUT2D eigenvalue weighted by atomic mass is 9.90. The maximum Gasteiger partial charge on any atom is 0.266 e. The molecule has 29 heavy (non-hydrogen) atoms. The Morgan fingerprint density at radius 1 is 1.17 bits per heavy atom. The average Bonchev–Trinajstić information content (AvgIpc) is 3.38. The van der Waals surface area contributed by atoms with Crippen LogP contribution in [0.3, 0.4) is 0 Å².